The number of rotatable bonds is 3. The first kappa shape index (κ1) is 16.6. The molecular weight excluding hydrogens is 341 g/mol. The van der Waals surface area contributed by atoms with E-state index >= 15 is 0 Å². The molecule has 1 aromatic carbocycles. The summed E-state index contributed by atoms with van der Waals surface area (Å²) < 4.78 is 16.4. The number of carbonyl (C=O) groups excluding carboxylic acids is 1. The van der Waals surface area contributed by atoms with Crippen molar-refractivity contribution in [3.05, 3.63) is 33.9 Å². The summed E-state index contributed by atoms with van der Waals surface area (Å²) >= 11 is 0. The molecule has 3 N–H and O–H groups in total. The Kier molecular flexibility index (Phi) is 3.54. The second kappa shape index (κ2) is 5.55. The van der Waals surface area contributed by atoms with Gasteiger partial charge in [-0.05, 0) is 24.8 Å². The van der Waals surface area contributed by atoms with Crippen LogP contribution in [-0.2, 0) is 4.79 Å². The second-order valence-electron chi connectivity index (χ2n) is 7.18. The summed E-state index contributed by atoms with van der Waals surface area (Å²) in [5.74, 6) is -2.42. The van der Waals surface area contributed by atoms with Gasteiger partial charge in [0.05, 0.1) is 22.3 Å². The van der Waals surface area contributed by atoms with E-state index < -0.39 is 28.8 Å². The van der Waals surface area contributed by atoms with E-state index in [1.54, 1.807) is 4.57 Å². The topological polar surface area (TPSA) is 100 Å². The number of halogens is 1. The minimum atomic E-state index is -1.36. The number of aromatic nitrogens is 1. The van der Waals surface area contributed by atoms with E-state index in [1.165, 1.54) is 6.20 Å². The number of hydrogen-bond acceptors (Lipinski definition) is 4. The van der Waals surface area contributed by atoms with Crippen molar-refractivity contribution in [3.63, 3.8) is 0 Å². The highest BCUT2D eigenvalue weighted by Gasteiger charge is 2.35. The zero-order valence-electron chi connectivity index (χ0n) is 14.3. The van der Waals surface area contributed by atoms with Crippen LogP contribution in [0.4, 0.5) is 15.8 Å². The van der Waals surface area contributed by atoms with Crippen molar-refractivity contribution in [3.8, 4) is 0 Å². The molecule has 1 unspecified atom stereocenters. The summed E-state index contributed by atoms with van der Waals surface area (Å²) in [4.78, 5) is 36.4. The van der Waals surface area contributed by atoms with Gasteiger partial charge >= 0.3 is 5.97 Å². The number of nitrogens with one attached hydrogen (secondary N) is 2. The molecule has 2 aliphatic rings. The number of pyridine rings is 1. The Morgan fingerprint density at radius 3 is 2.58 bits per heavy atom. The SMILES string of the molecule is CC(C)C1Nc2c(F)cc3c(=O)c(C(=O)O)cn(C4CC4)c3c2NC1=O. The average molecular weight is 359 g/mol. The highest BCUT2D eigenvalue weighted by Crippen LogP contribution is 2.43. The van der Waals surface area contributed by atoms with E-state index in [2.05, 4.69) is 10.6 Å². The van der Waals surface area contributed by atoms with Crippen molar-refractivity contribution in [2.45, 2.75) is 38.8 Å². The van der Waals surface area contributed by atoms with Gasteiger partial charge in [-0.15, -0.1) is 0 Å². The molecule has 7 nitrogen and oxygen atoms in total. The lowest BCUT2D eigenvalue weighted by Gasteiger charge is -2.31. The van der Waals surface area contributed by atoms with Crippen LogP contribution in [-0.4, -0.2) is 27.6 Å². The molecule has 4 rings (SSSR count). The van der Waals surface area contributed by atoms with Gasteiger partial charge < -0.3 is 20.3 Å². The van der Waals surface area contributed by atoms with Gasteiger partial charge in [-0.1, -0.05) is 13.8 Å². The predicted molar refractivity (Wildman–Crippen MR) is 94.3 cm³/mol. The van der Waals surface area contributed by atoms with Crippen molar-refractivity contribution in [1.82, 2.24) is 4.57 Å². The fraction of sp³-hybridized carbons (Fsp3) is 0.389. The molecule has 1 aliphatic carbocycles. The van der Waals surface area contributed by atoms with Gasteiger partial charge in [0, 0.05) is 12.2 Å². The number of carboxylic acid groups (broad SMARTS) is 1. The Morgan fingerprint density at radius 1 is 1.31 bits per heavy atom. The summed E-state index contributed by atoms with van der Waals surface area (Å²) in [7, 11) is 0. The minimum absolute atomic E-state index is 0.0329. The zero-order valence-corrected chi connectivity index (χ0v) is 14.3. The summed E-state index contributed by atoms with van der Waals surface area (Å²) in [6.07, 6.45) is 2.96. The molecule has 136 valence electrons. The third-order valence-electron chi connectivity index (χ3n) is 4.94. The average Bonchev–Trinajstić information content (AvgIpc) is 3.39. The number of aromatic carboxylic acids is 1. The summed E-state index contributed by atoms with van der Waals surface area (Å²) in [5, 5.41) is 14.9. The van der Waals surface area contributed by atoms with Crippen LogP contribution in [0, 0.1) is 11.7 Å². The molecule has 0 radical (unpaired) electrons. The number of carbonyl (C=O) groups is 2. The molecule has 0 bridgehead atoms. The smallest absolute Gasteiger partial charge is 0.341 e. The number of amides is 1. The number of fused-ring (bicyclic) bond motifs is 3. The highest BCUT2D eigenvalue weighted by atomic mass is 19.1. The molecular formula is C18H18FN3O4. The van der Waals surface area contributed by atoms with Gasteiger partial charge in [-0.3, -0.25) is 9.59 Å². The third-order valence-corrected chi connectivity index (χ3v) is 4.94. The third kappa shape index (κ3) is 2.36. The Hall–Kier alpha value is -2.90. The van der Waals surface area contributed by atoms with Crippen molar-refractivity contribution in [2.75, 3.05) is 10.6 Å². The molecule has 26 heavy (non-hydrogen) atoms. The standard InChI is InChI=1S/C18H18FN3O4/c1-7(2)12-17(24)21-14-13(20-12)11(19)5-9-15(14)22(8-3-4-8)6-10(16(9)23)18(25)26/h5-8,12,20H,3-4H2,1-2H3,(H,21,24)(H,25,26). The number of nitrogens with zero attached hydrogens (tertiary/aromatic N) is 1. The van der Waals surface area contributed by atoms with Crippen molar-refractivity contribution >= 4 is 34.2 Å². The molecule has 0 saturated heterocycles. The predicted octanol–water partition coefficient (Wildman–Crippen LogP) is 2.56. The van der Waals surface area contributed by atoms with E-state index in [-0.39, 0.29) is 34.6 Å². The molecule has 1 saturated carbocycles. The number of benzene rings is 1. The molecule has 1 aromatic heterocycles. The second-order valence-corrected chi connectivity index (χ2v) is 7.18. The van der Waals surface area contributed by atoms with Crippen LogP contribution >= 0.6 is 0 Å². The van der Waals surface area contributed by atoms with Crippen molar-refractivity contribution in [1.29, 1.82) is 0 Å². The molecule has 8 heteroatoms. The monoisotopic (exact) mass is 359 g/mol. The van der Waals surface area contributed by atoms with Gasteiger partial charge in [0.25, 0.3) is 0 Å². The van der Waals surface area contributed by atoms with E-state index in [4.69, 9.17) is 0 Å². The van der Waals surface area contributed by atoms with Crippen LogP contribution in [0.25, 0.3) is 10.9 Å². The fourth-order valence-electron chi connectivity index (χ4n) is 3.44. The van der Waals surface area contributed by atoms with E-state index in [0.29, 0.717) is 5.52 Å². The van der Waals surface area contributed by atoms with Gasteiger partial charge in [-0.2, -0.15) is 0 Å². The lowest BCUT2D eigenvalue weighted by atomic mass is 9.98. The van der Waals surface area contributed by atoms with Crippen molar-refractivity contribution in [2.24, 2.45) is 5.92 Å². The quantitative estimate of drug-likeness (QED) is 0.782. The lowest BCUT2D eigenvalue weighted by Crippen LogP contribution is -2.43. The molecule has 1 fully saturated rings. The fourth-order valence-corrected chi connectivity index (χ4v) is 3.44. The van der Waals surface area contributed by atoms with Gasteiger partial charge in [0.1, 0.15) is 17.4 Å². The van der Waals surface area contributed by atoms with E-state index in [1.807, 2.05) is 13.8 Å². The van der Waals surface area contributed by atoms with Crippen LogP contribution in [0.3, 0.4) is 0 Å². The molecule has 0 spiro atoms. The number of carboxylic acids is 1. The molecule has 1 aliphatic heterocycles. The maximum atomic E-state index is 14.7. The largest absolute Gasteiger partial charge is 0.477 e. The van der Waals surface area contributed by atoms with Crippen LogP contribution < -0.4 is 16.1 Å². The zero-order chi connectivity index (χ0) is 18.7. The Labute approximate surface area is 147 Å². The summed E-state index contributed by atoms with van der Waals surface area (Å²) in [5.41, 5.74) is -0.470. The number of anilines is 2. The van der Waals surface area contributed by atoms with Crippen molar-refractivity contribution < 1.29 is 19.1 Å². The number of hydrogen-bond donors (Lipinski definition) is 3. The first-order valence-electron chi connectivity index (χ1n) is 8.51. The van der Waals surface area contributed by atoms with Gasteiger partial charge in [0.2, 0.25) is 11.3 Å². The Morgan fingerprint density at radius 2 is 2.00 bits per heavy atom. The Balaban J connectivity index is 2.06. The first-order valence-corrected chi connectivity index (χ1v) is 8.51. The van der Waals surface area contributed by atoms with E-state index in [0.717, 1.165) is 18.9 Å². The Bertz CT molecular complexity index is 1020. The summed E-state index contributed by atoms with van der Waals surface area (Å²) in [6.45, 7) is 3.70. The van der Waals surface area contributed by atoms with E-state index in [9.17, 15) is 23.9 Å². The van der Waals surface area contributed by atoms with Crippen LogP contribution in [0.15, 0.2) is 17.1 Å². The minimum Gasteiger partial charge on any atom is -0.477 e. The van der Waals surface area contributed by atoms with Crippen LogP contribution in [0.1, 0.15) is 43.1 Å². The maximum absolute atomic E-state index is 14.7. The van der Waals surface area contributed by atoms with Gasteiger partial charge in [0.15, 0.2) is 0 Å². The lowest BCUT2D eigenvalue weighted by molar-refractivity contribution is -0.117. The normalized spacial score (nSPS) is 19.2. The molecule has 2 heterocycles. The maximum Gasteiger partial charge on any atom is 0.341 e. The highest BCUT2D eigenvalue weighted by molar-refractivity contribution is 6.12. The first-order chi connectivity index (χ1) is 12.3. The molecule has 1 atom stereocenters. The molecule has 2 aromatic rings. The van der Waals surface area contributed by atoms with Crippen LogP contribution in [0.2, 0.25) is 0 Å². The van der Waals surface area contributed by atoms with Gasteiger partial charge in [-0.25, -0.2) is 9.18 Å². The molecule has 1 amide bonds. The van der Waals surface area contributed by atoms with Crippen LogP contribution in [0.5, 0.6) is 0 Å². The summed E-state index contributed by atoms with van der Waals surface area (Å²) in [6, 6.07) is 0.503.